The van der Waals surface area contributed by atoms with E-state index in [4.69, 9.17) is 5.73 Å². The lowest BCUT2D eigenvalue weighted by molar-refractivity contribution is 0.523. The molecule has 0 fully saturated rings. The van der Waals surface area contributed by atoms with Crippen molar-refractivity contribution in [1.29, 1.82) is 0 Å². The Morgan fingerprint density at radius 1 is 1.31 bits per heavy atom. The number of halogens is 1. The van der Waals surface area contributed by atoms with Crippen LogP contribution in [0.1, 0.15) is 6.92 Å². The quantitative estimate of drug-likeness (QED) is 0.886. The largest absolute Gasteiger partial charge is 0.326 e. The van der Waals surface area contributed by atoms with Gasteiger partial charge in [0, 0.05) is 11.6 Å². The molecule has 5 heteroatoms. The Balaban J connectivity index is 0.00000128. The fourth-order valence-corrected chi connectivity index (χ4v) is 1.42. The molecular weight excluding hydrogens is 224 g/mol. The van der Waals surface area contributed by atoms with Crippen LogP contribution in [0.15, 0.2) is 36.5 Å². The van der Waals surface area contributed by atoms with Crippen LogP contribution in [0, 0.1) is 0 Å². The molecular formula is C11H15ClN4. The molecule has 0 saturated heterocycles. The van der Waals surface area contributed by atoms with E-state index in [1.54, 1.807) is 4.68 Å². The highest BCUT2D eigenvalue weighted by molar-refractivity contribution is 5.85. The van der Waals surface area contributed by atoms with E-state index < -0.39 is 0 Å². The van der Waals surface area contributed by atoms with Gasteiger partial charge in [-0.2, -0.15) is 0 Å². The molecule has 0 amide bonds. The van der Waals surface area contributed by atoms with Gasteiger partial charge in [-0.25, -0.2) is 0 Å². The van der Waals surface area contributed by atoms with Crippen LogP contribution in [0.4, 0.5) is 0 Å². The Labute approximate surface area is 101 Å². The van der Waals surface area contributed by atoms with Crippen molar-refractivity contribution in [3.8, 4) is 11.3 Å². The molecule has 0 aliphatic rings. The second-order valence-electron chi connectivity index (χ2n) is 3.67. The van der Waals surface area contributed by atoms with Gasteiger partial charge in [0.05, 0.1) is 12.7 Å². The Hall–Kier alpha value is -1.39. The topological polar surface area (TPSA) is 56.7 Å². The number of aromatic nitrogens is 3. The lowest BCUT2D eigenvalue weighted by atomic mass is 10.2. The number of benzene rings is 1. The molecule has 4 nitrogen and oxygen atoms in total. The van der Waals surface area contributed by atoms with Crippen molar-refractivity contribution in [3.05, 3.63) is 36.5 Å². The molecule has 2 aromatic rings. The molecule has 1 aromatic heterocycles. The lowest BCUT2D eigenvalue weighted by Crippen LogP contribution is -2.22. The van der Waals surface area contributed by atoms with Gasteiger partial charge in [-0.05, 0) is 6.92 Å². The normalized spacial score (nSPS) is 11.9. The SMILES string of the molecule is CC(N)Cn1cc(-c2ccccc2)nn1.Cl. The van der Waals surface area contributed by atoms with E-state index in [2.05, 4.69) is 10.3 Å². The number of nitrogens with two attached hydrogens (primary N) is 1. The predicted octanol–water partition coefficient (Wildman–Crippen LogP) is 1.71. The molecule has 0 saturated carbocycles. The minimum atomic E-state index is 0. The zero-order valence-corrected chi connectivity index (χ0v) is 9.89. The molecule has 1 aromatic carbocycles. The van der Waals surface area contributed by atoms with E-state index >= 15 is 0 Å². The smallest absolute Gasteiger partial charge is 0.113 e. The Morgan fingerprint density at radius 2 is 2.00 bits per heavy atom. The standard InChI is InChI=1S/C11H14N4.ClH/c1-9(12)7-15-8-11(13-14-15)10-5-3-2-4-6-10;/h2-6,8-9H,7,12H2,1H3;1H. The second-order valence-corrected chi connectivity index (χ2v) is 3.67. The summed E-state index contributed by atoms with van der Waals surface area (Å²) in [6, 6.07) is 10.1. The van der Waals surface area contributed by atoms with E-state index in [0.717, 1.165) is 11.3 Å². The van der Waals surface area contributed by atoms with Gasteiger partial charge in [0.15, 0.2) is 0 Å². The first-order valence-electron chi connectivity index (χ1n) is 4.97. The van der Waals surface area contributed by atoms with Crippen LogP contribution < -0.4 is 5.73 Å². The maximum absolute atomic E-state index is 5.68. The monoisotopic (exact) mass is 238 g/mol. The molecule has 16 heavy (non-hydrogen) atoms. The molecule has 86 valence electrons. The van der Waals surface area contributed by atoms with Gasteiger partial charge in [0.2, 0.25) is 0 Å². The van der Waals surface area contributed by atoms with Crippen LogP contribution in [0.25, 0.3) is 11.3 Å². The van der Waals surface area contributed by atoms with Crippen LogP contribution in [0.3, 0.4) is 0 Å². The third-order valence-corrected chi connectivity index (χ3v) is 2.08. The third kappa shape index (κ3) is 3.05. The van der Waals surface area contributed by atoms with Crippen molar-refractivity contribution in [2.45, 2.75) is 19.5 Å². The summed E-state index contributed by atoms with van der Waals surface area (Å²) in [6.45, 7) is 2.64. The highest BCUT2D eigenvalue weighted by Gasteiger charge is 2.03. The van der Waals surface area contributed by atoms with E-state index in [-0.39, 0.29) is 18.4 Å². The van der Waals surface area contributed by atoms with Gasteiger partial charge in [-0.3, -0.25) is 4.68 Å². The van der Waals surface area contributed by atoms with E-state index in [1.807, 2.05) is 43.5 Å². The van der Waals surface area contributed by atoms with Gasteiger partial charge < -0.3 is 5.73 Å². The average molecular weight is 239 g/mol. The summed E-state index contributed by atoms with van der Waals surface area (Å²) in [5, 5.41) is 8.12. The van der Waals surface area contributed by atoms with Gasteiger partial charge in [0.1, 0.15) is 5.69 Å². The first-order valence-corrected chi connectivity index (χ1v) is 4.97. The fraction of sp³-hybridized carbons (Fsp3) is 0.273. The summed E-state index contributed by atoms with van der Waals surface area (Å²) < 4.78 is 1.77. The van der Waals surface area contributed by atoms with Gasteiger partial charge >= 0.3 is 0 Å². The van der Waals surface area contributed by atoms with Crippen molar-refractivity contribution in [2.75, 3.05) is 0 Å². The molecule has 1 unspecified atom stereocenters. The molecule has 0 spiro atoms. The molecule has 1 atom stereocenters. The first-order chi connectivity index (χ1) is 7.25. The van der Waals surface area contributed by atoms with Gasteiger partial charge in [-0.1, -0.05) is 35.5 Å². The lowest BCUT2D eigenvalue weighted by Gasteiger charge is -2.02. The number of nitrogens with zero attached hydrogens (tertiary/aromatic N) is 3. The van der Waals surface area contributed by atoms with E-state index in [9.17, 15) is 0 Å². The van der Waals surface area contributed by atoms with Crippen LogP contribution >= 0.6 is 12.4 Å². The minimum absolute atomic E-state index is 0. The number of hydrogen-bond donors (Lipinski definition) is 1. The summed E-state index contributed by atoms with van der Waals surface area (Å²) >= 11 is 0. The summed E-state index contributed by atoms with van der Waals surface area (Å²) in [4.78, 5) is 0. The van der Waals surface area contributed by atoms with Crippen molar-refractivity contribution in [2.24, 2.45) is 5.73 Å². The van der Waals surface area contributed by atoms with Crippen LogP contribution in [0.2, 0.25) is 0 Å². The highest BCUT2D eigenvalue weighted by Crippen LogP contribution is 2.14. The molecule has 2 N–H and O–H groups in total. The predicted molar refractivity (Wildman–Crippen MR) is 66.4 cm³/mol. The maximum Gasteiger partial charge on any atom is 0.113 e. The van der Waals surface area contributed by atoms with Crippen LogP contribution in [-0.2, 0) is 6.54 Å². The maximum atomic E-state index is 5.68. The summed E-state index contributed by atoms with van der Waals surface area (Å²) in [5.41, 5.74) is 7.65. The first kappa shape index (κ1) is 12.7. The number of hydrogen-bond acceptors (Lipinski definition) is 3. The average Bonchev–Trinajstić information content (AvgIpc) is 2.67. The third-order valence-electron chi connectivity index (χ3n) is 2.08. The highest BCUT2D eigenvalue weighted by atomic mass is 35.5. The zero-order valence-electron chi connectivity index (χ0n) is 9.08. The molecule has 2 rings (SSSR count). The minimum Gasteiger partial charge on any atom is -0.326 e. The molecule has 1 heterocycles. The van der Waals surface area contributed by atoms with E-state index in [0.29, 0.717) is 6.54 Å². The molecule has 0 aliphatic heterocycles. The van der Waals surface area contributed by atoms with Crippen molar-refractivity contribution in [1.82, 2.24) is 15.0 Å². The van der Waals surface area contributed by atoms with Crippen molar-refractivity contribution in [3.63, 3.8) is 0 Å². The van der Waals surface area contributed by atoms with Gasteiger partial charge in [0.25, 0.3) is 0 Å². The van der Waals surface area contributed by atoms with Crippen LogP contribution in [0.5, 0.6) is 0 Å². The van der Waals surface area contributed by atoms with Crippen molar-refractivity contribution < 1.29 is 0 Å². The molecule has 0 radical (unpaired) electrons. The van der Waals surface area contributed by atoms with E-state index in [1.165, 1.54) is 0 Å². The van der Waals surface area contributed by atoms with Crippen molar-refractivity contribution >= 4 is 12.4 Å². The number of rotatable bonds is 3. The zero-order chi connectivity index (χ0) is 10.7. The summed E-state index contributed by atoms with van der Waals surface area (Å²) in [6.07, 6.45) is 1.92. The van der Waals surface area contributed by atoms with Crippen LogP contribution in [-0.4, -0.2) is 21.0 Å². The Morgan fingerprint density at radius 3 is 2.62 bits per heavy atom. The van der Waals surface area contributed by atoms with Gasteiger partial charge in [-0.15, -0.1) is 17.5 Å². The second kappa shape index (κ2) is 5.63. The molecule has 0 bridgehead atoms. The fourth-order valence-electron chi connectivity index (χ4n) is 1.42. The summed E-state index contributed by atoms with van der Waals surface area (Å²) in [5.74, 6) is 0. The molecule has 0 aliphatic carbocycles. The summed E-state index contributed by atoms with van der Waals surface area (Å²) in [7, 11) is 0. The Bertz CT molecular complexity index is 425. The Kier molecular flexibility index (Phi) is 4.46.